The maximum Gasteiger partial charge on any atom is 0.146 e. The lowest BCUT2D eigenvalue weighted by Gasteiger charge is -2.00. The second-order valence-electron chi connectivity index (χ2n) is 2.59. The van der Waals surface area contributed by atoms with Gasteiger partial charge >= 0.3 is 0 Å². The number of halogens is 1. The first-order chi connectivity index (χ1) is 6.29. The maximum atomic E-state index is 4.02. The Labute approximate surface area is 89.1 Å². The molecule has 0 spiro atoms. The van der Waals surface area contributed by atoms with E-state index in [9.17, 15) is 0 Å². The second-order valence-corrected chi connectivity index (χ2v) is 3.61. The van der Waals surface area contributed by atoms with Crippen LogP contribution in [0.25, 0.3) is 5.69 Å². The van der Waals surface area contributed by atoms with E-state index in [0.717, 1.165) is 15.1 Å². The minimum atomic E-state index is 0.918. The van der Waals surface area contributed by atoms with E-state index < -0.39 is 0 Å². The molecule has 4 nitrogen and oxygen atoms in total. The van der Waals surface area contributed by atoms with Crippen LogP contribution in [-0.4, -0.2) is 20.0 Å². The van der Waals surface area contributed by atoms with Crippen LogP contribution in [0.5, 0.6) is 0 Å². The van der Waals surface area contributed by atoms with Crippen molar-refractivity contribution in [3.63, 3.8) is 0 Å². The summed E-state index contributed by atoms with van der Waals surface area (Å²) in [5.74, 6) is 0. The van der Waals surface area contributed by atoms with Gasteiger partial charge in [0, 0.05) is 6.20 Å². The molecule has 2 heterocycles. The van der Waals surface area contributed by atoms with Crippen LogP contribution < -0.4 is 0 Å². The molecule has 0 amide bonds. The molecule has 0 radical (unpaired) electrons. The molecule has 0 N–H and O–H groups in total. The monoisotopic (exact) mass is 286 g/mol. The summed E-state index contributed by atoms with van der Waals surface area (Å²) in [6.07, 6.45) is 3.50. The zero-order valence-electron chi connectivity index (χ0n) is 6.98. The summed E-state index contributed by atoms with van der Waals surface area (Å²) in [5.41, 5.74) is 1.98. The lowest BCUT2D eigenvalue weighted by Crippen LogP contribution is -1.99. The molecule has 2 aromatic heterocycles. The number of rotatable bonds is 1. The molecular weight excluding hydrogens is 279 g/mol. The standard InChI is InChI=1S/C8H7IN4/c1-6-8(9)11-12-13(6)7-3-2-4-10-5-7/h2-5H,1H3. The zero-order valence-corrected chi connectivity index (χ0v) is 9.13. The molecule has 0 bridgehead atoms. The van der Waals surface area contributed by atoms with E-state index in [2.05, 4.69) is 37.9 Å². The molecule has 0 aliphatic heterocycles. The Bertz CT molecular complexity index is 409. The van der Waals surface area contributed by atoms with Crippen molar-refractivity contribution in [3.8, 4) is 5.69 Å². The van der Waals surface area contributed by atoms with E-state index in [1.54, 1.807) is 17.1 Å². The van der Waals surface area contributed by atoms with Crippen molar-refractivity contribution in [1.29, 1.82) is 0 Å². The summed E-state index contributed by atoms with van der Waals surface area (Å²) in [6.45, 7) is 1.98. The Morgan fingerprint density at radius 3 is 2.85 bits per heavy atom. The van der Waals surface area contributed by atoms with Crippen molar-refractivity contribution in [2.24, 2.45) is 0 Å². The van der Waals surface area contributed by atoms with Gasteiger partial charge in [0.2, 0.25) is 0 Å². The van der Waals surface area contributed by atoms with Gasteiger partial charge in [0.25, 0.3) is 0 Å². The molecular formula is C8H7IN4. The molecule has 0 saturated heterocycles. The molecule has 2 aromatic rings. The van der Waals surface area contributed by atoms with Crippen molar-refractivity contribution in [3.05, 3.63) is 33.9 Å². The summed E-state index contributed by atoms with van der Waals surface area (Å²) in [4.78, 5) is 4.02. The van der Waals surface area contributed by atoms with Crippen LogP contribution in [0.2, 0.25) is 0 Å². The summed E-state index contributed by atoms with van der Waals surface area (Å²) >= 11 is 2.16. The first kappa shape index (κ1) is 8.61. The van der Waals surface area contributed by atoms with Crippen molar-refractivity contribution in [2.75, 3.05) is 0 Å². The molecule has 0 atom stereocenters. The van der Waals surface area contributed by atoms with Crippen LogP contribution in [0.15, 0.2) is 24.5 Å². The molecule has 13 heavy (non-hydrogen) atoms. The predicted octanol–water partition coefficient (Wildman–Crippen LogP) is 1.58. The van der Waals surface area contributed by atoms with E-state index in [4.69, 9.17) is 0 Å². The Morgan fingerprint density at radius 2 is 2.31 bits per heavy atom. The Balaban J connectivity index is 2.53. The van der Waals surface area contributed by atoms with Gasteiger partial charge in [0.05, 0.1) is 17.6 Å². The number of hydrogen-bond acceptors (Lipinski definition) is 3. The van der Waals surface area contributed by atoms with Gasteiger partial charge < -0.3 is 0 Å². The zero-order chi connectivity index (χ0) is 9.26. The number of aromatic nitrogens is 4. The van der Waals surface area contributed by atoms with E-state index in [1.165, 1.54) is 0 Å². The maximum absolute atomic E-state index is 4.02. The highest BCUT2D eigenvalue weighted by Crippen LogP contribution is 2.11. The normalized spacial score (nSPS) is 10.3. The molecule has 66 valence electrons. The van der Waals surface area contributed by atoms with Gasteiger partial charge in [0.15, 0.2) is 0 Å². The highest BCUT2D eigenvalue weighted by molar-refractivity contribution is 14.1. The Kier molecular flexibility index (Phi) is 2.26. The van der Waals surface area contributed by atoms with Crippen LogP contribution >= 0.6 is 22.6 Å². The van der Waals surface area contributed by atoms with Gasteiger partial charge in [-0.05, 0) is 41.6 Å². The van der Waals surface area contributed by atoms with Crippen LogP contribution in [0.3, 0.4) is 0 Å². The lowest BCUT2D eigenvalue weighted by atomic mass is 10.4. The summed E-state index contributed by atoms with van der Waals surface area (Å²) < 4.78 is 2.69. The minimum Gasteiger partial charge on any atom is -0.262 e. The molecule has 5 heteroatoms. The fourth-order valence-electron chi connectivity index (χ4n) is 1.04. The van der Waals surface area contributed by atoms with Crippen LogP contribution in [-0.2, 0) is 0 Å². The average Bonchev–Trinajstić information content (AvgIpc) is 2.49. The first-order valence-corrected chi connectivity index (χ1v) is 4.85. The summed E-state index contributed by atoms with van der Waals surface area (Å²) in [6, 6.07) is 3.83. The smallest absolute Gasteiger partial charge is 0.146 e. The van der Waals surface area contributed by atoms with Crippen molar-refractivity contribution in [2.45, 2.75) is 6.92 Å². The quantitative estimate of drug-likeness (QED) is 0.747. The number of nitrogens with zero attached hydrogens (tertiary/aromatic N) is 4. The van der Waals surface area contributed by atoms with E-state index in [-0.39, 0.29) is 0 Å². The van der Waals surface area contributed by atoms with Gasteiger partial charge in [-0.15, -0.1) is 5.10 Å². The van der Waals surface area contributed by atoms with Crippen molar-refractivity contribution in [1.82, 2.24) is 20.0 Å². The SMILES string of the molecule is Cc1c(I)nnn1-c1cccnc1. The van der Waals surface area contributed by atoms with Crippen LogP contribution in [0, 0.1) is 10.6 Å². The molecule has 0 aliphatic carbocycles. The van der Waals surface area contributed by atoms with Gasteiger partial charge in [-0.25, -0.2) is 4.68 Å². The Hall–Kier alpha value is -0.980. The lowest BCUT2D eigenvalue weighted by molar-refractivity contribution is 0.781. The Morgan fingerprint density at radius 1 is 1.46 bits per heavy atom. The van der Waals surface area contributed by atoms with Gasteiger partial charge in [0.1, 0.15) is 3.70 Å². The molecule has 0 saturated carbocycles. The van der Waals surface area contributed by atoms with Crippen molar-refractivity contribution < 1.29 is 0 Å². The highest BCUT2D eigenvalue weighted by atomic mass is 127. The molecule has 0 aromatic carbocycles. The molecule has 0 aliphatic rings. The minimum absolute atomic E-state index is 0.918. The third kappa shape index (κ3) is 1.55. The fraction of sp³-hybridized carbons (Fsp3) is 0.125. The van der Waals surface area contributed by atoms with E-state index >= 15 is 0 Å². The second kappa shape index (κ2) is 3.41. The van der Waals surface area contributed by atoms with E-state index in [0.29, 0.717) is 0 Å². The third-order valence-electron chi connectivity index (χ3n) is 1.73. The largest absolute Gasteiger partial charge is 0.262 e. The highest BCUT2D eigenvalue weighted by Gasteiger charge is 2.06. The molecule has 2 rings (SSSR count). The number of pyridine rings is 1. The van der Waals surface area contributed by atoms with Crippen LogP contribution in [0.4, 0.5) is 0 Å². The van der Waals surface area contributed by atoms with Crippen LogP contribution in [0.1, 0.15) is 5.69 Å². The fourth-order valence-corrected chi connectivity index (χ4v) is 1.36. The van der Waals surface area contributed by atoms with Gasteiger partial charge in [-0.2, -0.15) is 0 Å². The van der Waals surface area contributed by atoms with Crippen molar-refractivity contribution >= 4 is 22.6 Å². The number of hydrogen-bond donors (Lipinski definition) is 0. The molecule has 0 unspecified atom stereocenters. The average molecular weight is 286 g/mol. The van der Waals surface area contributed by atoms with Gasteiger partial charge in [-0.1, -0.05) is 5.21 Å². The van der Waals surface area contributed by atoms with Gasteiger partial charge in [-0.3, -0.25) is 4.98 Å². The summed E-state index contributed by atoms with van der Waals surface area (Å²) in [5, 5.41) is 7.97. The molecule has 0 fully saturated rings. The first-order valence-electron chi connectivity index (χ1n) is 3.77. The predicted molar refractivity (Wildman–Crippen MR) is 56.6 cm³/mol. The third-order valence-corrected chi connectivity index (χ3v) is 2.73. The van der Waals surface area contributed by atoms with E-state index in [1.807, 2.05) is 19.1 Å². The summed E-state index contributed by atoms with van der Waals surface area (Å²) in [7, 11) is 0. The topological polar surface area (TPSA) is 43.6 Å².